The summed E-state index contributed by atoms with van der Waals surface area (Å²) in [5.41, 5.74) is 6.23. The van der Waals surface area contributed by atoms with Crippen LogP contribution in [0.2, 0.25) is 0 Å². The molecule has 0 aromatic carbocycles. The van der Waals surface area contributed by atoms with Crippen molar-refractivity contribution in [2.24, 2.45) is 0 Å². The first-order valence-corrected chi connectivity index (χ1v) is 6.26. The van der Waals surface area contributed by atoms with Gasteiger partial charge in [0.1, 0.15) is 5.69 Å². The average molecular weight is 279 g/mol. The molecule has 0 radical (unpaired) electrons. The lowest BCUT2D eigenvalue weighted by molar-refractivity contribution is 0.235. The fourth-order valence-corrected chi connectivity index (χ4v) is 1.85. The number of ether oxygens (including phenoxy) is 1. The van der Waals surface area contributed by atoms with Crippen molar-refractivity contribution in [2.75, 3.05) is 12.3 Å². The highest BCUT2D eigenvalue weighted by Crippen LogP contribution is 2.21. The van der Waals surface area contributed by atoms with E-state index in [9.17, 15) is 4.79 Å². The van der Waals surface area contributed by atoms with Crippen molar-refractivity contribution in [1.29, 1.82) is 0 Å². The van der Waals surface area contributed by atoms with E-state index in [2.05, 4.69) is 15.0 Å². The molecule has 0 unspecified atom stereocenters. The largest absolute Gasteiger partial charge is 0.473 e. The van der Waals surface area contributed by atoms with Crippen molar-refractivity contribution in [3.63, 3.8) is 0 Å². The van der Waals surface area contributed by atoms with Crippen LogP contribution < -0.4 is 16.0 Å². The molecule has 2 aromatic heterocycles. The summed E-state index contributed by atoms with van der Waals surface area (Å²) in [5.74, 6) is 0.224. The summed E-state index contributed by atoms with van der Waals surface area (Å²) in [4.78, 5) is 24.3. The molecule has 0 atom stereocenters. The lowest BCUT2D eigenvalue weighted by Crippen LogP contribution is -2.27. The Kier molecular flexibility index (Phi) is 3.84. The van der Waals surface area contributed by atoms with Gasteiger partial charge in [0.15, 0.2) is 11.2 Å². The number of rotatable bonds is 4. The van der Waals surface area contributed by atoms with Gasteiger partial charge in [-0.25, -0.2) is 4.98 Å². The summed E-state index contributed by atoms with van der Waals surface area (Å²) in [6, 6.07) is 0. The number of hydrogen-bond donors (Lipinski definition) is 2. The van der Waals surface area contributed by atoms with Crippen molar-refractivity contribution < 1.29 is 9.84 Å². The average Bonchev–Trinajstić information content (AvgIpc) is 2.35. The van der Waals surface area contributed by atoms with Crippen molar-refractivity contribution in [1.82, 2.24) is 19.5 Å². The van der Waals surface area contributed by atoms with Gasteiger partial charge in [-0.15, -0.1) is 0 Å². The van der Waals surface area contributed by atoms with Gasteiger partial charge in [-0.2, -0.15) is 9.97 Å². The molecule has 0 amide bonds. The number of anilines is 1. The summed E-state index contributed by atoms with van der Waals surface area (Å²) in [7, 11) is 0. The number of aromatic nitrogens is 4. The number of aryl methyl sites for hydroxylation is 1. The third-order valence-electron chi connectivity index (χ3n) is 2.61. The molecular weight excluding hydrogens is 262 g/mol. The molecule has 0 aliphatic rings. The molecule has 0 spiro atoms. The third kappa shape index (κ3) is 2.55. The minimum atomic E-state index is -0.319. The maximum Gasteiger partial charge on any atom is 0.273 e. The number of hydrogen-bond acceptors (Lipinski definition) is 7. The van der Waals surface area contributed by atoms with E-state index in [0.29, 0.717) is 5.52 Å². The molecule has 20 heavy (non-hydrogen) atoms. The van der Waals surface area contributed by atoms with E-state index < -0.39 is 0 Å². The van der Waals surface area contributed by atoms with E-state index in [0.717, 1.165) is 0 Å². The topological polar surface area (TPSA) is 116 Å². The minimum Gasteiger partial charge on any atom is -0.473 e. The van der Waals surface area contributed by atoms with Gasteiger partial charge in [0.2, 0.25) is 11.8 Å². The molecule has 2 aromatic rings. The van der Waals surface area contributed by atoms with Gasteiger partial charge in [0, 0.05) is 0 Å². The van der Waals surface area contributed by atoms with Gasteiger partial charge in [-0.1, -0.05) is 0 Å². The smallest absolute Gasteiger partial charge is 0.273 e. The van der Waals surface area contributed by atoms with Crippen LogP contribution in [0.15, 0.2) is 4.79 Å². The summed E-state index contributed by atoms with van der Waals surface area (Å²) < 4.78 is 6.89. The first-order chi connectivity index (χ1) is 9.43. The molecule has 8 heteroatoms. The number of fused-ring (bicyclic) bond motifs is 1. The molecule has 0 fully saturated rings. The number of aliphatic hydroxyl groups is 1. The Bertz CT molecular complexity index is 696. The molecule has 108 valence electrons. The van der Waals surface area contributed by atoms with Crippen LogP contribution in [0.1, 0.15) is 19.5 Å². The molecular formula is C12H17N5O3. The number of nitrogen functional groups attached to an aromatic ring is 1. The number of nitrogens with zero attached hydrogens (tertiary/aromatic N) is 4. The zero-order chi connectivity index (χ0) is 14.9. The summed E-state index contributed by atoms with van der Waals surface area (Å²) >= 11 is 0. The normalized spacial score (nSPS) is 11.2. The Morgan fingerprint density at radius 2 is 2.05 bits per heavy atom. The summed E-state index contributed by atoms with van der Waals surface area (Å²) in [5, 5.41) is 9.09. The van der Waals surface area contributed by atoms with Crippen LogP contribution >= 0.6 is 0 Å². The third-order valence-corrected chi connectivity index (χ3v) is 2.61. The number of nitrogens with two attached hydrogens (primary N) is 1. The van der Waals surface area contributed by atoms with Gasteiger partial charge in [-0.05, 0) is 20.8 Å². The van der Waals surface area contributed by atoms with Crippen LogP contribution in [0.3, 0.4) is 0 Å². The van der Waals surface area contributed by atoms with Crippen molar-refractivity contribution >= 4 is 17.1 Å². The highest BCUT2D eigenvalue weighted by atomic mass is 16.5. The standard InChI is InChI=1S/C12H17N5O3/c1-6(2)20-10-8-9(15-12(13)16-10)17(4-5-18)11(19)7(3)14-8/h6,18H,4-5H2,1-3H3,(H2,13,15,16). The van der Waals surface area contributed by atoms with Crippen molar-refractivity contribution in [3.05, 3.63) is 16.0 Å². The zero-order valence-corrected chi connectivity index (χ0v) is 11.6. The van der Waals surface area contributed by atoms with Crippen molar-refractivity contribution in [2.45, 2.75) is 33.4 Å². The van der Waals surface area contributed by atoms with E-state index in [1.807, 2.05) is 13.8 Å². The SMILES string of the molecule is Cc1nc2c(OC(C)C)nc(N)nc2n(CCO)c1=O. The van der Waals surface area contributed by atoms with Crippen LogP contribution in [0.25, 0.3) is 11.2 Å². The van der Waals surface area contributed by atoms with Crippen LogP contribution in [0.4, 0.5) is 5.95 Å². The fraction of sp³-hybridized carbons (Fsp3) is 0.500. The van der Waals surface area contributed by atoms with E-state index in [1.54, 1.807) is 6.92 Å². The molecule has 2 heterocycles. The Morgan fingerprint density at radius 1 is 1.35 bits per heavy atom. The second-order valence-electron chi connectivity index (χ2n) is 4.60. The van der Waals surface area contributed by atoms with E-state index in [4.69, 9.17) is 15.6 Å². The van der Waals surface area contributed by atoms with Gasteiger partial charge >= 0.3 is 0 Å². The van der Waals surface area contributed by atoms with Gasteiger partial charge in [0.05, 0.1) is 19.3 Å². The van der Waals surface area contributed by atoms with Crippen LogP contribution in [-0.4, -0.2) is 37.3 Å². The highest BCUT2D eigenvalue weighted by Gasteiger charge is 2.16. The monoisotopic (exact) mass is 279 g/mol. The Labute approximate surface area is 115 Å². The fourth-order valence-electron chi connectivity index (χ4n) is 1.85. The van der Waals surface area contributed by atoms with Gasteiger partial charge in [-0.3, -0.25) is 9.36 Å². The Hall–Kier alpha value is -2.22. The molecule has 0 saturated carbocycles. The van der Waals surface area contributed by atoms with E-state index in [-0.39, 0.29) is 48.0 Å². The molecule has 0 bridgehead atoms. The quantitative estimate of drug-likeness (QED) is 0.799. The maximum atomic E-state index is 12.1. The zero-order valence-electron chi connectivity index (χ0n) is 11.6. The molecule has 0 saturated heterocycles. The summed E-state index contributed by atoms with van der Waals surface area (Å²) in [6.45, 7) is 5.20. The molecule has 8 nitrogen and oxygen atoms in total. The van der Waals surface area contributed by atoms with Crippen molar-refractivity contribution in [3.8, 4) is 5.88 Å². The maximum absolute atomic E-state index is 12.1. The van der Waals surface area contributed by atoms with Gasteiger partial charge in [0.25, 0.3) is 5.56 Å². The lowest BCUT2D eigenvalue weighted by atomic mass is 10.4. The van der Waals surface area contributed by atoms with E-state index >= 15 is 0 Å². The van der Waals surface area contributed by atoms with E-state index in [1.165, 1.54) is 4.57 Å². The second-order valence-corrected chi connectivity index (χ2v) is 4.60. The predicted octanol–water partition coefficient (Wildman–Crippen LogP) is -0.143. The Morgan fingerprint density at radius 3 is 2.65 bits per heavy atom. The molecule has 0 aliphatic heterocycles. The molecule has 0 aliphatic carbocycles. The second kappa shape index (κ2) is 5.41. The molecule has 2 rings (SSSR count). The number of aliphatic hydroxyl groups excluding tert-OH is 1. The highest BCUT2D eigenvalue weighted by molar-refractivity contribution is 5.77. The first-order valence-electron chi connectivity index (χ1n) is 6.26. The van der Waals surface area contributed by atoms with Crippen LogP contribution in [0.5, 0.6) is 5.88 Å². The van der Waals surface area contributed by atoms with Crippen LogP contribution in [-0.2, 0) is 6.54 Å². The first kappa shape index (κ1) is 14.2. The predicted molar refractivity (Wildman–Crippen MR) is 73.6 cm³/mol. The minimum absolute atomic E-state index is 0.00936. The molecule has 3 N–H and O–H groups in total. The Balaban J connectivity index is 2.81. The summed E-state index contributed by atoms with van der Waals surface area (Å²) in [6.07, 6.45) is -0.118. The van der Waals surface area contributed by atoms with Gasteiger partial charge < -0.3 is 15.6 Å². The van der Waals surface area contributed by atoms with Crippen LogP contribution in [0, 0.1) is 6.92 Å². The lowest BCUT2D eigenvalue weighted by Gasteiger charge is -2.14.